The van der Waals surface area contributed by atoms with Gasteiger partial charge in [0.05, 0.1) is 23.0 Å². The number of hydrogen-bond acceptors (Lipinski definition) is 9. The second-order valence-electron chi connectivity index (χ2n) is 11.1. The number of guanidine groups is 1. The van der Waals surface area contributed by atoms with Crippen LogP contribution in [-0.4, -0.2) is 69.0 Å². The molecule has 12 nitrogen and oxygen atoms in total. The van der Waals surface area contributed by atoms with Gasteiger partial charge >= 0.3 is 14.4 Å². The minimum atomic E-state index is -4.78. The molecule has 3 aromatic rings. The Kier molecular flexibility index (Phi) is 11.4. The predicted octanol–water partition coefficient (Wildman–Crippen LogP) is 5.62. The third-order valence-electron chi connectivity index (χ3n) is 7.72. The zero-order valence-corrected chi connectivity index (χ0v) is 27.3. The maximum absolute atomic E-state index is 14.9. The Hall–Kier alpha value is -4.30. The third kappa shape index (κ3) is 8.55. The van der Waals surface area contributed by atoms with E-state index >= 15 is 0 Å². The molecule has 0 spiro atoms. The second-order valence-corrected chi connectivity index (χ2v) is 11.8. The van der Waals surface area contributed by atoms with Crippen LogP contribution < -0.4 is 16.0 Å². The number of anilines is 2. The van der Waals surface area contributed by atoms with Crippen LogP contribution in [0.15, 0.2) is 71.2 Å². The zero-order valence-electron chi connectivity index (χ0n) is 26.4. The fraction of sp³-hybridized carbons (Fsp3) is 0.387. The summed E-state index contributed by atoms with van der Waals surface area (Å²) in [7, 11) is 0.351. The van der Waals surface area contributed by atoms with E-state index in [1.807, 2.05) is 0 Å². The molecule has 0 fully saturated rings. The van der Waals surface area contributed by atoms with E-state index in [4.69, 9.17) is 14.5 Å². The molecule has 0 saturated carbocycles. The number of amides is 1. The molecule has 252 valence electrons. The van der Waals surface area contributed by atoms with Gasteiger partial charge in [-0.3, -0.25) is 9.48 Å². The van der Waals surface area contributed by atoms with Crippen LogP contribution in [0.4, 0.5) is 24.5 Å². The number of nitrogens with zero attached hydrogens (tertiary/aromatic N) is 4. The number of aromatic nitrogens is 2. The molecule has 1 unspecified atom stereocenters. The molecule has 0 aliphatic carbocycles. The molecule has 5 N–H and O–H groups in total. The summed E-state index contributed by atoms with van der Waals surface area (Å²) in [6.45, 7) is 3.69. The molecule has 47 heavy (non-hydrogen) atoms. The van der Waals surface area contributed by atoms with Crippen molar-refractivity contribution >= 4 is 31.5 Å². The van der Waals surface area contributed by atoms with Gasteiger partial charge in [-0.05, 0) is 54.7 Å². The highest BCUT2D eigenvalue weighted by Gasteiger charge is 2.51. The number of aliphatic hydroxyl groups excluding tert-OH is 1. The molecule has 4 rings (SSSR count). The van der Waals surface area contributed by atoms with Crippen molar-refractivity contribution in [3.63, 3.8) is 0 Å². The molecule has 1 amide bonds. The summed E-state index contributed by atoms with van der Waals surface area (Å²) < 4.78 is 61.9. The number of hydrogen-bond donors (Lipinski definition) is 5. The third-order valence-corrected chi connectivity index (χ3v) is 8.07. The Morgan fingerprint density at radius 1 is 1.11 bits per heavy atom. The van der Waals surface area contributed by atoms with Gasteiger partial charge in [-0.1, -0.05) is 32.0 Å². The van der Waals surface area contributed by atoms with Crippen LogP contribution >= 0.6 is 8.25 Å². The van der Waals surface area contributed by atoms with Gasteiger partial charge in [-0.25, -0.2) is 4.99 Å². The van der Waals surface area contributed by atoms with Gasteiger partial charge in [0.1, 0.15) is 18.0 Å². The highest BCUT2D eigenvalue weighted by atomic mass is 31.1. The number of alkyl halides is 3. The van der Waals surface area contributed by atoms with Gasteiger partial charge < -0.3 is 26.0 Å². The van der Waals surface area contributed by atoms with Crippen molar-refractivity contribution in [3.05, 3.63) is 77.4 Å². The molecule has 16 heteroatoms. The van der Waals surface area contributed by atoms with Crippen molar-refractivity contribution in [2.45, 2.75) is 58.0 Å². The highest BCUT2D eigenvalue weighted by Crippen LogP contribution is 2.44. The number of carbonyl (C=O) groups excluding carboxylic acids is 1. The number of halogens is 3. The quantitative estimate of drug-likeness (QED) is 0.145. The number of aliphatic imine (C=N–C) groups is 1. The van der Waals surface area contributed by atoms with Crippen LogP contribution in [0.1, 0.15) is 49.0 Å². The molecule has 2 aromatic carbocycles. The molecule has 1 aliphatic rings. The number of aryl methyl sites for hydroxylation is 1. The second kappa shape index (κ2) is 15.1. The first kappa shape index (κ1) is 35.6. The van der Waals surface area contributed by atoms with Crippen molar-refractivity contribution in [2.24, 2.45) is 4.99 Å². The van der Waals surface area contributed by atoms with E-state index in [9.17, 15) is 22.5 Å². The summed E-state index contributed by atoms with van der Waals surface area (Å²) >= 11 is 0. The van der Waals surface area contributed by atoms with E-state index in [1.165, 1.54) is 4.90 Å². The molecular formula is C31H38F3N7O5P+. The lowest BCUT2D eigenvalue weighted by Gasteiger charge is -2.38. The summed E-state index contributed by atoms with van der Waals surface area (Å²) in [6, 6.07) is 11.4. The average molecular weight is 677 g/mol. The van der Waals surface area contributed by atoms with E-state index in [0.29, 0.717) is 35.3 Å². The number of carbonyl (C=O) groups is 1. The average Bonchev–Trinajstić information content (AvgIpc) is 3.51. The van der Waals surface area contributed by atoms with Gasteiger partial charge in [0.15, 0.2) is 0 Å². The summed E-state index contributed by atoms with van der Waals surface area (Å²) in [5, 5.41) is 22.1. The smallest absolute Gasteiger partial charge is 0.396 e. The Bertz CT molecular complexity index is 1650. The van der Waals surface area contributed by atoms with Crippen LogP contribution in [0.5, 0.6) is 0 Å². The molecule has 0 bridgehead atoms. The van der Waals surface area contributed by atoms with Gasteiger partial charge in [0.25, 0.3) is 5.91 Å². The monoisotopic (exact) mass is 676 g/mol. The van der Waals surface area contributed by atoms with E-state index in [0.717, 1.165) is 0 Å². The first-order valence-electron chi connectivity index (χ1n) is 14.9. The summed E-state index contributed by atoms with van der Waals surface area (Å²) in [5.41, 5.74) is 0.193. The fourth-order valence-electron chi connectivity index (χ4n) is 5.24. The summed E-state index contributed by atoms with van der Waals surface area (Å²) in [6.07, 6.45) is -0.795. The molecule has 0 saturated heterocycles. The van der Waals surface area contributed by atoms with Crippen molar-refractivity contribution in [1.82, 2.24) is 20.0 Å². The normalized spacial score (nSPS) is 14.7. The van der Waals surface area contributed by atoms with E-state index in [1.54, 1.807) is 87.5 Å². The maximum Gasteiger partial charge on any atom is 0.695 e. The Morgan fingerprint density at radius 3 is 2.40 bits per heavy atom. The molecule has 0 radical (unpaired) electrons. The topological polar surface area (TPSA) is 153 Å². The Balaban J connectivity index is 1.73. The highest BCUT2D eigenvalue weighted by molar-refractivity contribution is 7.32. The minimum absolute atomic E-state index is 0.0116. The number of benzene rings is 2. The Morgan fingerprint density at radius 2 is 1.81 bits per heavy atom. The van der Waals surface area contributed by atoms with Crippen LogP contribution in [0.3, 0.4) is 0 Å². The van der Waals surface area contributed by atoms with Crippen LogP contribution in [0.2, 0.25) is 0 Å². The fourth-order valence-corrected chi connectivity index (χ4v) is 5.49. The lowest BCUT2D eigenvalue weighted by molar-refractivity contribution is -0.103. The van der Waals surface area contributed by atoms with Crippen molar-refractivity contribution < 1.29 is 37.1 Å². The van der Waals surface area contributed by atoms with Crippen LogP contribution in [0, 0.1) is 0 Å². The Labute approximate surface area is 271 Å². The molecule has 1 atom stereocenters. The molecule has 1 aliphatic heterocycles. The van der Waals surface area contributed by atoms with E-state index < -0.39 is 31.5 Å². The van der Waals surface area contributed by atoms with Crippen molar-refractivity contribution in [1.29, 1.82) is 0 Å². The lowest BCUT2D eigenvalue weighted by Crippen LogP contribution is -2.49. The molecule has 2 heterocycles. The van der Waals surface area contributed by atoms with Crippen LogP contribution in [0.25, 0.3) is 11.1 Å². The van der Waals surface area contributed by atoms with E-state index in [2.05, 4.69) is 26.0 Å². The number of nitrogens with one attached hydrogen (secondary N) is 3. The standard InChI is InChI=1S/C31H37F3N7O5P/c1-5-30(6-2)26(31(32,33)34)27(38-29(39-30)36-23-11-8-20(9-12-23)19-46-47(44)45)37-25-13-10-21(16-24(25)28(43)40(3)4)22-17-35-41(18-22)14-7-15-42/h8-13,16-18,42H,5-7,14-15,19H2,1-4H3,(H3-,36,37,38,39,43,44,45)/p+1. The maximum atomic E-state index is 14.9. The van der Waals surface area contributed by atoms with Gasteiger partial charge in [-0.2, -0.15) is 18.3 Å². The van der Waals surface area contributed by atoms with E-state index in [-0.39, 0.29) is 49.1 Å². The van der Waals surface area contributed by atoms with Gasteiger partial charge in [0, 0.05) is 49.3 Å². The lowest BCUT2D eigenvalue weighted by atomic mass is 9.83. The first-order valence-corrected chi connectivity index (χ1v) is 16.0. The van der Waals surface area contributed by atoms with Gasteiger partial charge in [-0.15, -0.1) is 9.42 Å². The predicted molar refractivity (Wildman–Crippen MR) is 173 cm³/mol. The minimum Gasteiger partial charge on any atom is -0.396 e. The largest absolute Gasteiger partial charge is 0.695 e. The zero-order chi connectivity index (χ0) is 34.4. The van der Waals surface area contributed by atoms with Crippen molar-refractivity contribution in [2.75, 3.05) is 31.3 Å². The summed E-state index contributed by atoms with van der Waals surface area (Å²) in [5.74, 6) is -0.738. The SMILES string of the molecule is CCC1(CC)N=C(Nc2ccc(CO[P+](=O)O)cc2)NC(Nc2ccc(-c3cnn(CCCO)c3)cc2C(=O)N(C)C)=C1C(F)(F)F. The van der Waals surface area contributed by atoms with Crippen molar-refractivity contribution in [3.8, 4) is 11.1 Å². The molecule has 1 aromatic heterocycles. The number of aliphatic hydroxyl groups is 1. The number of rotatable bonds is 13. The first-order chi connectivity index (χ1) is 22.3. The van der Waals surface area contributed by atoms with Crippen LogP contribution in [-0.2, 0) is 22.2 Å². The summed E-state index contributed by atoms with van der Waals surface area (Å²) in [4.78, 5) is 28.1. The molecular weight excluding hydrogens is 638 g/mol. The van der Waals surface area contributed by atoms with Gasteiger partial charge in [0.2, 0.25) is 5.96 Å².